The van der Waals surface area contributed by atoms with E-state index in [4.69, 9.17) is 9.73 Å². The zero-order chi connectivity index (χ0) is 29.9. The van der Waals surface area contributed by atoms with Gasteiger partial charge in [-0.1, -0.05) is 66.7 Å². The minimum atomic E-state index is -0.463. The average Bonchev–Trinajstić information content (AvgIpc) is 3.03. The van der Waals surface area contributed by atoms with Gasteiger partial charge in [0.15, 0.2) is 0 Å². The lowest BCUT2D eigenvalue weighted by Crippen LogP contribution is -2.43. The third kappa shape index (κ3) is 5.80. The Morgan fingerprint density at radius 1 is 1.02 bits per heavy atom. The SMILES string of the molecule is CCOC(=O)/C=C/c1ccc(C2C=C3N=C(C(=O)N4CCc5ccccc5[C@H]4C)C=C(c4ccccc4)N3CC2)c(F)c1. The van der Waals surface area contributed by atoms with Gasteiger partial charge in [0, 0.05) is 25.1 Å². The molecule has 0 N–H and O–H groups in total. The first-order valence-corrected chi connectivity index (χ1v) is 14.8. The Hall–Kier alpha value is -4.78. The fourth-order valence-electron chi connectivity index (χ4n) is 6.14. The molecule has 7 heteroatoms. The lowest BCUT2D eigenvalue weighted by atomic mass is 9.90. The molecule has 0 saturated carbocycles. The molecule has 0 fully saturated rings. The van der Waals surface area contributed by atoms with Crippen LogP contribution in [0.1, 0.15) is 60.0 Å². The van der Waals surface area contributed by atoms with Gasteiger partial charge in [-0.3, -0.25) is 4.79 Å². The molecule has 2 atom stereocenters. The molecule has 0 bridgehead atoms. The number of allylic oxidation sites excluding steroid dienone is 1. The number of aliphatic imine (C=N–C) groups is 1. The number of halogens is 1. The van der Waals surface area contributed by atoms with Crippen molar-refractivity contribution in [2.45, 2.75) is 38.6 Å². The minimum absolute atomic E-state index is 0.0645. The van der Waals surface area contributed by atoms with Gasteiger partial charge in [0.2, 0.25) is 0 Å². The molecule has 6 nitrogen and oxygen atoms in total. The zero-order valence-corrected chi connectivity index (χ0v) is 24.4. The average molecular weight is 576 g/mol. The number of ether oxygens (including phenoxy) is 1. The van der Waals surface area contributed by atoms with Crippen LogP contribution in [0, 0.1) is 5.82 Å². The van der Waals surface area contributed by atoms with Crippen molar-refractivity contribution < 1.29 is 18.7 Å². The molecule has 3 aromatic carbocycles. The molecular formula is C36H34FN3O3. The number of amides is 1. The van der Waals surface area contributed by atoms with Crippen LogP contribution in [0.5, 0.6) is 0 Å². The smallest absolute Gasteiger partial charge is 0.330 e. The summed E-state index contributed by atoms with van der Waals surface area (Å²) in [5.74, 6) is -0.490. The number of rotatable bonds is 6. The van der Waals surface area contributed by atoms with E-state index in [-0.39, 0.29) is 30.3 Å². The summed E-state index contributed by atoms with van der Waals surface area (Å²) in [6.07, 6.45) is 8.19. The second-order valence-corrected chi connectivity index (χ2v) is 11.0. The van der Waals surface area contributed by atoms with Crippen LogP contribution in [-0.4, -0.2) is 47.1 Å². The third-order valence-electron chi connectivity index (χ3n) is 8.36. The summed E-state index contributed by atoms with van der Waals surface area (Å²) in [5, 5.41) is 0. The normalized spacial score (nSPS) is 19.7. The Kier molecular flexibility index (Phi) is 8.05. The van der Waals surface area contributed by atoms with Crippen LogP contribution < -0.4 is 0 Å². The van der Waals surface area contributed by atoms with Crippen molar-refractivity contribution in [3.8, 4) is 0 Å². The number of esters is 1. The number of hydrogen-bond acceptors (Lipinski definition) is 5. The molecule has 0 spiro atoms. The summed E-state index contributed by atoms with van der Waals surface area (Å²) in [4.78, 5) is 34.6. The van der Waals surface area contributed by atoms with Crippen molar-refractivity contribution in [1.82, 2.24) is 9.80 Å². The van der Waals surface area contributed by atoms with Crippen molar-refractivity contribution in [2.75, 3.05) is 19.7 Å². The minimum Gasteiger partial charge on any atom is -0.463 e. The van der Waals surface area contributed by atoms with Gasteiger partial charge in [-0.2, -0.15) is 0 Å². The highest BCUT2D eigenvalue weighted by molar-refractivity contribution is 6.45. The fraction of sp³-hybridized carbons (Fsp3) is 0.250. The standard InChI is InChI=1S/C36H34FN3O3/c1-3-43-35(41)16-14-25-13-15-30(31(37)21-25)28-18-20-40-33(27-10-5-4-6-11-27)23-32(38-34(40)22-28)36(42)39-19-17-26-9-7-8-12-29(26)24(39)2/h4-16,21-24,28H,3,17-20H2,1-2H3/b16-14+/t24-,28?/m1/s1. The van der Waals surface area contributed by atoms with E-state index in [9.17, 15) is 9.59 Å². The number of nitrogens with zero attached hydrogens (tertiary/aromatic N) is 3. The highest BCUT2D eigenvalue weighted by Gasteiger charge is 2.34. The molecule has 6 rings (SSSR count). The van der Waals surface area contributed by atoms with Crippen LogP contribution in [0.25, 0.3) is 11.8 Å². The Labute approximate surface area is 251 Å². The second kappa shape index (κ2) is 12.2. The molecule has 0 radical (unpaired) electrons. The molecule has 3 aromatic rings. The van der Waals surface area contributed by atoms with Gasteiger partial charge in [0.05, 0.1) is 18.3 Å². The van der Waals surface area contributed by atoms with Crippen LogP contribution in [0.4, 0.5) is 4.39 Å². The molecule has 3 aliphatic heterocycles. The zero-order valence-electron chi connectivity index (χ0n) is 24.4. The van der Waals surface area contributed by atoms with Gasteiger partial charge in [0.25, 0.3) is 5.91 Å². The Morgan fingerprint density at radius 3 is 2.60 bits per heavy atom. The van der Waals surface area contributed by atoms with Gasteiger partial charge in [-0.05, 0) is 78.8 Å². The Bertz CT molecular complexity index is 1670. The molecule has 0 aromatic heterocycles. The lowest BCUT2D eigenvalue weighted by Gasteiger charge is -2.38. The Balaban J connectivity index is 1.32. The largest absolute Gasteiger partial charge is 0.463 e. The Morgan fingerprint density at radius 2 is 1.81 bits per heavy atom. The second-order valence-electron chi connectivity index (χ2n) is 11.0. The maximum absolute atomic E-state index is 15.4. The molecule has 43 heavy (non-hydrogen) atoms. The van der Waals surface area contributed by atoms with Gasteiger partial charge >= 0.3 is 5.97 Å². The van der Waals surface area contributed by atoms with Crippen molar-refractivity contribution >= 4 is 29.4 Å². The molecule has 3 aliphatic rings. The molecule has 3 heterocycles. The van der Waals surface area contributed by atoms with Crippen molar-refractivity contribution in [3.63, 3.8) is 0 Å². The van der Waals surface area contributed by atoms with Crippen molar-refractivity contribution in [3.05, 3.63) is 130 Å². The van der Waals surface area contributed by atoms with Gasteiger partial charge in [-0.25, -0.2) is 14.2 Å². The molecular weight excluding hydrogens is 541 g/mol. The number of carbonyl (C=O) groups excluding carboxylic acids is 2. The van der Waals surface area contributed by atoms with E-state index in [2.05, 4.69) is 24.0 Å². The van der Waals surface area contributed by atoms with E-state index in [1.165, 1.54) is 23.3 Å². The molecule has 218 valence electrons. The highest BCUT2D eigenvalue weighted by atomic mass is 19.1. The summed E-state index contributed by atoms with van der Waals surface area (Å²) in [6, 6.07) is 23.2. The summed E-state index contributed by atoms with van der Waals surface area (Å²) >= 11 is 0. The van der Waals surface area contributed by atoms with E-state index in [0.717, 1.165) is 17.7 Å². The van der Waals surface area contributed by atoms with Crippen LogP contribution in [0.15, 0.2) is 102 Å². The predicted octanol–water partition coefficient (Wildman–Crippen LogP) is 6.67. The van der Waals surface area contributed by atoms with E-state index < -0.39 is 5.97 Å². The third-order valence-corrected chi connectivity index (χ3v) is 8.36. The maximum atomic E-state index is 15.4. The first kappa shape index (κ1) is 28.3. The lowest BCUT2D eigenvalue weighted by molar-refractivity contribution is -0.137. The van der Waals surface area contributed by atoms with Crippen LogP contribution >= 0.6 is 0 Å². The highest BCUT2D eigenvalue weighted by Crippen LogP contribution is 2.38. The van der Waals surface area contributed by atoms with Crippen LogP contribution in [0.3, 0.4) is 0 Å². The van der Waals surface area contributed by atoms with Gasteiger partial charge < -0.3 is 14.5 Å². The van der Waals surface area contributed by atoms with Crippen molar-refractivity contribution in [1.29, 1.82) is 0 Å². The predicted molar refractivity (Wildman–Crippen MR) is 166 cm³/mol. The molecule has 1 unspecified atom stereocenters. The number of hydrogen-bond donors (Lipinski definition) is 0. The van der Waals surface area contributed by atoms with Gasteiger partial charge in [-0.15, -0.1) is 0 Å². The fourth-order valence-corrected chi connectivity index (χ4v) is 6.14. The maximum Gasteiger partial charge on any atom is 0.330 e. The monoisotopic (exact) mass is 575 g/mol. The van der Waals surface area contributed by atoms with Crippen LogP contribution in [0.2, 0.25) is 0 Å². The van der Waals surface area contributed by atoms with Crippen molar-refractivity contribution in [2.24, 2.45) is 4.99 Å². The quantitative estimate of drug-likeness (QED) is 0.243. The van der Waals surface area contributed by atoms with E-state index >= 15 is 4.39 Å². The van der Waals surface area contributed by atoms with E-state index in [1.54, 1.807) is 25.1 Å². The molecule has 0 aliphatic carbocycles. The summed E-state index contributed by atoms with van der Waals surface area (Å²) in [5.41, 5.74) is 5.86. The number of carbonyl (C=O) groups is 2. The summed E-state index contributed by atoms with van der Waals surface area (Å²) in [7, 11) is 0. The molecule has 0 saturated heterocycles. The van der Waals surface area contributed by atoms with Gasteiger partial charge in [0.1, 0.15) is 17.3 Å². The first-order chi connectivity index (χ1) is 20.9. The van der Waals surface area contributed by atoms with Crippen LogP contribution in [-0.2, 0) is 20.7 Å². The first-order valence-electron chi connectivity index (χ1n) is 14.8. The number of fused-ring (bicyclic) bond motifs is 2. The molecule has 1 amide bonds. The summed E-state index contributed by atoms with van der Waals surface area (Å²) in [6.45, 7) is 5.34. The summed E-state index contributed by atoms with van der Waals surface area (Å²) < 4.78 is 20.3. The van der Waals surface area contributed by atoms with E-state index in [0.29, 0.717) is 42.2 Å². The van der Waals surface area contributed by atoms with E-state index in [1.807, 2.05) is 59.5 Å². The number of benzene rings is 3. The topological polar surface area (TPSA) is 62.2 Å².